The van der Waals surface area contributed by atoms with Crippen LogP contribution in [0.3, 0.4) is 0 Å². The summed E-state index contributed by atoms with van der Waals surface area (Å²) in [5.74, 6) is 2.04. The molecule has 0 aliphatic carbocycles. The molecule has 116 valence electrons. The highest BCUT2D eigenvalue weighted by Crippen LogP contribution is 2.25. The molecule has 3 heterocycles. The average Bonchev–Trinajstić information content (AvgIpc) is 3.08. The summed E-state index contributed by atoms with van der Waals surface area (Å²) < 4.78 is 0. The summed E-state index contributed by atoms with van der Waals surface area (Å²) in [7, 11) is 0. The molecule has 4 rings (SSSR count). The van der Waals surface area contributed by atoms with E-state index in [1.54, 1.807) is 0 Å². The highest BCUT2D eigenvalue weighted by atomic mass is 15.2. The first-order valence-corrected chi connectivity index (χ1v) is 8.71. The monoisotopic (exact) mass is 295 g/mol. The van der Waals surface area contributed by atoms with Crippen LogP contribution in [0.5, 0.6) is 0 Å². The molecule has 0 radical (unpaired) electrons. The Morgan fingerprint density at radius 2 is 1.68 bits per heavy atom. The molecule has 0 amide bonds. The van der Waals surface area contributed by atoms with E-state index >= 15 is 0 Å². The van der Waals surface area contributed by atoms with Gasteiger partial charge in [0.05, 0.1) is 5.52 Å². The average molecular weight is 295 g/mol. The number of likely N-dealkylation sites (tertiary alicyclic amines) is 1. The molecule has 0 N–H and O–H groups in total. The molecule has 1 aromatic carbocycles. The smallest absolute Gasteiger partial charge is 0.129 e. The summed E-state index contributed by atoms with van der Waals surface area (Å²) in [5, 5.41) is 1.23. The molecule has 22 heavy (non-hydrogen) atoms. The summed E-state index contributed by atoms with van der Waals surface area (Å²) in [6, 6.07) is 12.8. The number of piperidine rings is 1. The van der Waals surface area contributed by atoms with E-state index in [4.69, 9.17) is 4.98 Å². The predicted octanol–water partition coefficient (Wildman–Crippen LogP) is 3.55. The number of fused-ring (bicyclic) bond motifs is 1. The minimum Gasteiger partial charge on any atom is -0.357 e. The minimum absolute atomic E-state index is 0.884. The number of para-hydroxylation sites is 1. The van der Waals surface area contributed by atoms with Crippen molar-refractivity contribution in [2.75, 3.05) is 37.6 Å². The van der Waals surface area contributed by atoms with Crippen LogP contribution in [-0.4, -0.2) is 42.6 Å². The van der Waals surface area contributed by atoms with Gasteiger partial charge >= 0.3 is 0 Å². The molecule has 2 fully saturated rings. The van der Waals surface area contributed by atoms with Crippen LogP contribution in [0.15, 0.2) is 36.4 Å². The number of pyridine rings is 1. The number of hydrogen-bond donors (Lipinski definition) is 0. The molecule has 3 nitrogen and oxygen atoms in total. The zero-order chi connectivity index (χ0) is 14.8. The van der Waals surface area contributed by atoms with Crippen molar-refractivity contribution in [2.24, 2.45) is 5.92 Å². The Labute approximate surface area is 132 Å². The summed E-state index contributed by atoms with van der Waals surface area (Å²) in [5.41, 5.74) is 1.11. The van der Waals surface area contributed by atoms with Crippen LogP contribution in [0.4, 0.5) is 5.82 Å². The van der Waals surface area contributed by atoms with E-state index < -0.39 is 0 Å². The lowest BCUT2D eigenvalue weighted by Gasteiger charge is -2.34. The predicted molar refractivity (Wildman–Crippen MR) is 92.4 cm³/mol. The van der Waals surface area contributed by atoms with Crippen LogP contribution in [0.1, 0.15) is 25.7 Å². The van der Waals surface area contributed by atoms with Gasteiger partial charge < -0.3 is 9.80 Å². The largest absolute Gasteiger partial charge is 0.357 e. The van der Waals surface area contributed by atoms with Crippen molar-refractivity contribution in [2.45, 2.75) is 25.7 Å². The Hall–Kier alpha value is -1.61. The van der Waals surface area contributed by atoms with E-state index in [0.717, 1.165) is 30.3 Å². The van der Waals surface area contributed by atoms with Gasteiger partial charge in [-0.25, -0.2) is 4.98 Å². The van der Waals surface area contributed by atoms with Gasteiger partial charge in [-0.15, -0.1) is 0 Å². The van der Waals surface area contributed by atoms with Crippen molar-refractivity contribution >= 4 is 16.7 Å². The molecule has 0 saturated carbocycles. The molecule has 0 atom stereocenters. The van der Waals surface area contributed by atoms with Gasteiger partial charge in [0.1, 0.15) is 5.82 Å². The Morgan fingerprint density at radius 1 is 0.909 bits per heavy atom. The van der Waals surface area contributed by atoms with Gasteiger partial charge in [-0.3, -0.25) is 0 Å². The maximum Gasteiger partial charge on any atom is 0.129 e. The lowest BCUT2D eigenvalue weighted by atomic mass is 9.96. The third kappa shape index (κ3) is 2.95. The first-order chi connectivity index (χ1) is 10.9. The minimum atomic E-state index is 0.884. The van der Waals surface area contributed by atoms with Gasteiger partial charge in [0.15, 0.2) is 0 Å². The number of nitrogens with zero attached hydrogens (tertiary/aromatic N) is 3. The summed E-state index contributed by atoms with van der Waals surface area (Å²) >= 11 is 0. The topological polar surface area (TPSA) is 19.4 Å². The number of rotatable bonds is 3. The third-order valence-corrected chi connectivity index (χ3v) is 5.24. The molecule has 2 aliphatic heterocycles. The van der Waals surface area contributed by atoms with Crippen molar-refractivity contribution < 1.29 is 0 Å². The third-order valence-electron chi connectivity index (χ3n) is 5.24. The summed E-state index contributed by atoms with van der Waals surface area (Å²) in [4.78, 5) is 9.97. The van der Waals surface area contributed by atoms with E-state index in [-0.39, 0.29) is 0 Å². The molecule has 2 aromatic rings. The molecule has 1 aromatic heterocycles. The highest BCUT2D eigenvalue weighted by Gasteiger charge is 2.23. The summed E-state index contributed by atoms with van der Waals surface area (Å²) in [6.45, 7) is 6.28. The molecule has 2 aliphatic rings. The van der Waals surface area contributed by atoms with Gasteiger partial charge in [-0.1, -0.05) is 18.2 Å². The van der Waals surface area contributed by atoms with E-state index in [0.29, 0.717) is 0 Å². The number of hydrogen-bond acceptors (Lipinski definition) is 3. The second kappa shape index (κ2) is 6.25. The lowest BCUT2D eigenvalue weighted by molar-refractivity contribution is 0.249. The second-order valence-corrected chi connectivity index (χ2v) is 6.80. The lowest BCUT2D eigenvalue weighted by Crippen LogP contribution is -2.38. The fraction of sp³-hybridized carbons (Fsp3) is 0.526. The molecular weight excluding hydrogens is 270 g/mol. The first-order valence-electron chi connectivity index (χ1n) is 8.71. The van der Waals surface area contributed by atoms with E-state index in [2.05, 4.69) is 46.2 Å². The fourth-order valence-electron chi connectivity index (χ4n) is 3.91. The number of benzene rings is 1. The van der Waals surface area contributed by atoms with E-state index in [9.17, 15) is 0 Å². The number of anilines is 1. The van der Waals surface area contributed by atoms with Crippen molar-refractivity contribution in [3.8, 4) is 0 Å². The molecule has 0 bridgehead atoms. The molecular formula is C19H25N3. The maximum atomic E-state index is 4.84. The van der Waals surface area contributed by atoms with E-state index in [1.807, 2.05) is 0 Å². The quantitative estimate of drug-likeness (QED) is 0.863. The van der Waals surface area contributed by atoms with Crippen LogP contribution in [-0.2, 0) is 0 Å². The Kier molecular flexibility index (Phi) is 3.98. The Bertz CT molecular complexity index is 625. The van der Waals surface area contributed by atoms with Crippen molar-refractivity contribution in [3.63, 3.8) is 0 Å². The van der Waals surface area contributed by atoms with Crippen molar-refractivity contribution in [1.82, 2.24) is 9.88 Å². The SMILES string of the molecule is c1ccc2nc(N3CCC(CN4CCCC4)CC3)ccc2c1. The highest BCUT2D eigenvalue weighted by molar-refractivity contribution is 5.80. The van der Waals surface area contributed by atoms with Crippen LogP contribution in [0.25, 0.3) is 10.9 Å². The first kappa shape index (κ1) is 14.0. The molecule has 3 heteroatoms. The van der Waals surface area contributed by atoms with Crippen molar-refractivity contribution in [3.05, 3.63) is 36.4 Å². The second-order valence-electron chi connectivity index (χ2n) is 6.80. The maximum absolute atomic E-state index is 4.84. The Balaban J connectivity index is 1.39. The van der Waals surface area contributed by atoms with Gasteiger partial charge in [0.25, 0.3) is 0 Å². The van der Waals surface area contributed by atoms with Gasteiger partial charge in [0, 0.05) is 25.0 Å². The number of aromatic nitrogens is 1. The fourth-order valence-corrected chi connectivity index (χ4v) is 3.91. The zero-order valence-electron chi connectivity index (χ0n) is 13.2. The van der Waals surface area contributed by atoms with Crippen LogP contribution >= 0.6 is 0 Å². The summed E-state index contributed by atoms with van der Waals surface area (Å²) in [6.07, 6.45) is 5.43. The normalized spacial score (nSPS) is 20.8. The van der Waals surface area contributed by atoms with Gasteiger partial charge in [0.2, 0.25) is 0 Å². The molecule has 2 saturated heterocycles. The van der Waals surface area contributed by atoms with Crippen LogP contribution < -0.4 is 4.90 Å². The van der Waals surface area contributed by atoms with E-state index in [1.165, 1.54) is 50.7 Å². The zero-order valence-corrected chi connectivity index (χ0v) is 13.2. The van der Waals surface area contributed by atoms with Gasteiger partial charge in [-0.2, -0.15) is 0 Å². The molecule has 0 spiro atoms. The van der Waals surface area contributed by atoms with Crippen LogP contribution in [0.2, 0.25) is 0 Å². The van der Waals surface area contributed by atoms with Crippen LogP contribution in [0, 0.1) is 5.92 Å². The Morgan fingerprint density at radius 3 is 2.50 bits per heavy atom. The standard InChI is InChI=1S/C19H25N3/c1-2-6-18-17(5-1)7-8-19(20-18)22-13-9-16(10-14-22)15-21-11-3-4-12-21/h1-2,5-8,16H,3-4,9-15H2. The molecule has 0 unspecified atom stereocenters. The van der Waals surface area contributed by atoms with Crippen molar-refractivity contribution in [1.29, 1.82) is 0 Å². The van der Waals surface area contributed by atoms with Gasteiger partial charge in [-0.05, 0) is 62.9 Å².